The van der Waals surface area contributed by atoms with E-state index in [0.717, 1.165) is 0 Å². The summed E-state index contributed by atoms with van der Waals surface area (Å²) >= 11 is 0. The van der Waals surface area contributed by atoms with Gasteiger partial charge in [-0.15, -0.1) is 0 Å². The van der Waals surface area contributed by atoms with Gasteiger partial charge >= 0.3 is 11.9 Å². The molecule has 11 heavy (non-hydrogen) atoms. The molecule has 4 heteroatoms. The molecule has 0 rings (SSSR count). The van der Waals surface area contributed by atoms with E-state index < -0.39 is 17.5 Å². The van der Waals surface area contributed by atoms with E-state index in [-0.39, 0.29) is 6.42 Å². The summed E-state index contributed by atoms with van der Waals surface area (Å²) in [6.45, 7) is 5.88. The molecule has 0 heterocycles. The molecular formula is C7H11O4. The van der Waals surface area contributed by atoms with Gasteiger partial charge in [0.25, 0.3) is 0 Å². The molecule has 0 aromatic carbocycles. The molecule has 0 saturated heterocycles. The predicted molar refractivity (Wildman–Crippen MR) is 37.8 cm³/mol. The number of carboxylic acid groups (broad SMARTS) is 1. The van der Waals surface area contributed by atoms with Crippen LogP contribution >= 0.6 is 0 Å². The van der Waals surface area contributed by atoms with Crippen molar-refractivity contribution in [3.8, 4) is 0 Å². The van der Waals surface area contributed by atoms with Crippen LogP contribution in [0.4, 0.5) is 0 Å². The molecule has 0 aromatic rings. The van der Waals surface area contributed by atoms with E-state index in [1.54, 1.807) is 0 Å². The molecule has 0 saturated carbocycles. The van der Waals surface area contributed by atoms with Crippen LogP contribution in [0.1, 0.15) is 20.3 Å². The molecule has 0 aliphatic carbocycles. The number of carbonyl (C=O) groups excluding carboxylic acids is 1. The fourth-order valence-electron chi connectivity index (χ4n) is 0.379. The van der Waals surface area contributed by atoms with Crippen LogP contribution in [0.25, 0.3) is 0 Å². The summed E-state index contributed by atoms with van der Waals surface area (Å²) in [6.07, 6.45) is -0.0588. The molecule has 0 unspecified atom stereocenters. The minimum Gasteiger partial charge on any atom is -0.478 e. The first kappa shape index (κ1) is 9.94. The lowest BCUT2D eigenvalue weighted by Gasteiger charge is -2.19. The Morgan fingerprint density at radius 2 is 2.00 bits per heavy atom. The maximum absolute atomic E-state index is 10.6. The van der Waals surface area contributed by atoms with Crippen LogP contribution in [0.5, 0.6) is 0 Å². The van der Waals surface area contributed by atoms with E-state index in [1.807, 2.05) is 0 Å². The molecule has 0 atom stereocenters. The van der Waals surface area contributed by atoms with Gasteiger partial charge in [-0.1, -0.05) is 0 Å². The maximum atomic E-state index is 10.6. The molecule has 1 N–H and O–H groups in total. The first-order valence-electron chi connectivity index (χ1n) is 3.14. The third-order valence-electron chi connectivity index (χ3n) is 1.09. The van der Waals surface area contributed by atoms with Crippen molar-refractivity contribution in [2.24, 2.45) is 0 Å². The van der Waals surface area contributed by atoms with Gasteiger partial charge in [0.1, 0.15) is 0 Å². The topological polar surface area (TPSA) is 63.6 Å². The normalized spacial score (nSPS) is 10.8. The van der Waals surface area contributed by atoms with Gasteiger partial charge in [-0.2, -0.15) is 0 Å². The van der Waals surface area contributed by atoms with E-state index in [0.29, 0.717) is 0 Å². The third kappa shape index (κ3) is 3.02. The number of rotatable bonds is 3. The molecule has 0 spiro atoms. The number of carbonyl (C=O) groups is 2. The Hall–Kier alpha value is -1.06. The third-order valence-corrected chi connectivity index (χ3v) is 1.09. The monoisotopic (exact) mass is 159 g/mol. The fourth-order valence-corrected chi connectivity index (χ4v) is 0.379. The van der Waals surface area contributed by atoms with Crippen molar-refractivity contribution in [3.05, 3.63) is 6.92 Å². The second kappa shape index (κ2) is 3.37. The van der Waals surface area contributed by atoms with Gasteiger partial charge in [0.15, 0.2) is 0 Å². The zero-order valence-corrected chi connectivity index (χ0v) is 6.59. The minimum atomic E-state index is -1.45. The summed E-state index contributed by atoms with van der Waals surface area (Å²) in [4.78, 5) is 21.0. The van der Waals surface area contributed by atoms with Gasteiger partial charge in [-0.05, 0) is 20.8 Å². The Morgan fingerprint density at radius 3 is 2.27 bits per heavy atom. The molecule has 0 aliphatic heterocycles. The Morgan fingerprint density at radius 1 is 1.55 bits per heavy atom. The Labute approximate surface area is 65.2 Å². The van der Waals surface area contributed by atoms with Gasteiger partial charge in [0.05, 0.1) is 0 Å². The van der Waals surface area contributed by atoms with Gasteiger partial charge in [-0.25, -0.2) is 4.79 Å². The van der Waals surface area contributed by atoms with Crippen LogP contribution in [0.2, 0.25) is 0 Å². The average Bonchev–Trinajstić information content (AvgIpc) is 1.86. The Kier molecular flexibility index (Phi) is 3.04. The van der Waals surface area contributed by atoms with Crippen LogP contribution in [0.3, 0.4) is 0 Å². The largest absolute Gasteiger partial charge is 0.478 e. The van der Waals surface area contributed by atoms with Crippen LogP contribution in [0, 0.1) is 6.92 Å². The lowest BCUT2D eigenvalue weighted by Crippen LogP contribution is -2.36. The Balaban J connectivity index is 4.12. The number of aliphatic carboxylic acids is 1. The van der Waals surface area contributed by atoms with Crippen molar-refractivity contribution in [2.75, 3.05) is 0 Å². The summed E-state index contributed by atoms with van der Waals surface area (Å²) < 4.78 is 4.55. The molecule has 0 aliphatic rings. The van der Waals surface area contributed by atoms with Gasteiger partial charge < -0.3 is 9.84 Å². The predicted octanol–water partition coefficient (Wildman–Crippen LogP) is 0.617. The lowest BCUT2D eigenvalue weighted by atomic mass is 10.1. The zero-order chi connectivity index (χ0) is 9.07. The van der Waals surface area contributed by atoms with Crippen molar-refractivity contribution in [1.29, 1.82) is 0 Å². The summed E-state index contributed by atoms with van der Waals surface area (Å²) in [6, 6.07) is 0. The SMILES string of the molecule is [CH2]CC(=O)OC(C)(C)C(=O)O. The van der Waals surface area contributed by atoms with E-state index >= 15 is 0 Å². The summed E-state index contributed by atoms with van der Waals surface area (Å²) in [7, 11) is 0. The highest BCUT2D eigenvalue weighted by Gasteiger charge is 2.30. The van der Waals surface area contributed by atoms with Gasteiger partial charge in [0.2, 0.25) is 5.60 Å². The second-order valence-electron chi connectivity index (χ2n) is 2.54. The van der Waals surface area contributed by atoms with Crippen molar-refractivity contribution >= 4 is 11.9 Å². The standard InChI is InChI=1S/C7H11O4/c1-4-5(8)11-7(2,3)6(9)10/h1,4H2,2-3H3,(H,9,10). The summed E-state index contributed by atoms with van der Waals surface area (Å²) in [5, 5.41) is 8.49. The van der Waals surface area contributed by atoms with E-state index in [1.165, 1.54) is 13.8 Å². The average molecular weight is 159 g/mol. The summed E-state index contributed by atoms with van der Waals surface area (Å²) in [5.41, 5.74) is -1.45. The Bertz CT molecular complexity index is 171. The van der Waals surface area contributed by atoms with E-state index in [2.05, 4.69) is 11.7 Å². The quantitative estimate of drug-likeness (QED) is 0.613. The molecule has 0 aromatic heterocycles. The van der Waals surface area contributed by atoms with Crippen LogP contribution in [-0.2, 0) is 14.3 Å². The van der Waals surface area contributed by atoms with E-state index in [4.69, 9.17) is 5.11 Å². The summed E-state index contributed by atoms with van der Waals surface area (Å²) in [5.74, 6) is -1.78. The molecule has 0 bridgehead atoms. The van der Waals surface area contributed by atoms with Crippen LogP contribution in [0.15, 0.2) is 0 Å². The number of esters is 1. The molecule has 63 valence electrons. The molecule has 4 nitrogen and oxygen atoms in total. The van der Waals surface area contributed by atoms with Crippen molar-refractivity contribution < 1.29 is 19.4 Å². The molecule has 1 radical (unpaired) electrons. The first-order chi connectivity index (χ1) is 4.90. The number of hydrogen-bond donors (Lipinski definition) is 1. The van der Waals surface area contributed by atoms with E-state index in [9.17, 15) is 9.59 Å². The van der Waals surface area contributed by atoms with Crippen LogP contribution < -0.4 is 0 Å². The molecule has 0 fully saturated rings. The number of hydrogen-bond acceptors (Lipinski definition) is 3. The minimum absolute atomic E-state index is 0.0588. The van der Waals surface area contributed by atoms with Crippen molar-refractivity contribution in [3.63, 3.8) is 0 Å². The smallest absolute Gasteiger partial charge is 0.347 e. The second-order valence-corrected chi connectivity index (χ2v) is 2.54. The van der Waals surface area contributed by atoms with Gasteiger partial charge in [0, 0.05) is 6.42 Å². The first-order valence-corrected chi connectivity index (χ1v) is 3.14. The highest BCUT2D eigenvalue weighted by molar-refractivity contribution is 5.81. The number of carboxylic acids is 1. The maximum Gasteiger partial charge on any atom is 0.347 e. The van der Waals surface area contributed by atoms with Crippen molar-refractivity contribution in [1.82, 2.24) is 0 Å². The fraction of sp³-hybridized carbons (Fsp3) is 0.571. The van der Waals surface area contributed by atoms with Crippen molar-refractivity contribution in [2.45, 2.75) is 25.9 Å². The molecule has 0 amide bonds. The lowest BCUT2D eigenvalue weighted by molar-refractivity contribution is -0.173. The highest BCUT2D eigenvalue weighted by Crippen LogP contribution is 2.09. The van der Waals surface area contributed by atoms with Crippen LogP contribution in [-0.4, -0.2) is 22.6 Å². The highest BCUT2D eigenvalue weighted by atomic mass is 16.6. The zero-order valence-electron chi connectivity index (χ0n) is 6.59. The van der Waals surface area contributed by atoms with Gasteiger partial charge in [-0.3, -0.25) is 4.79 Å². The molecular weight excluding hydrogens is 148 g/mol. The number of ether oxygens (including phenoxy) is 1.